The maximum Gasteiger partial charge on any atom is 0.162 e. The van der Waals surface area contributed by atoms with E-state index in [0.717, 1.165) is 10.9 Å². The Kier molecular flexibility index (Phi) is 3.12. The van der Waals surface area contributed by atoms with Crippen molar-refractivity contribution in [3.63, 3.8) is 0 Å². The number of hydrogen-bond donors (Lipinski definition) is 1. The van der Waals surface area contributed by atoms with Crippen molar-refractivity contribution >= 4 is 22.5 Å². The molecule has 1 aromatic carbocycles. The molecule has 2 aromatic rings. The standard InChI is InChI=1S/C12H11ClN2O2/c1-16-11-3-7-8(6-14)10(5-13)15-9(7)4-12(11)17-2/h3-4,15H,5H2,1-2H3. The van der Waals surface area contributed by atoms with E-state index in [2.05, 4.69) is 11.1 Å². The quantitative estimate of drug-likeness (QED) is 0.852. The summed E-state index contributed by atoms with van der Waals surface area (Å²) in [6, 6.07) is 5.72. The SMILES string of the molecule is COc1cc2[nH]c(CCl)c(C#N)c2cc1OC. The monoisotopic (exact) mass is 250 g/mol. The minimum atomic E-state index is 0.266. The molecule has 1 aromatic heterocycles. The first-order valence-electron chi connectivity index (χ1n) is 4.97. The van der Waals surface area contributed by atoms with E-state index in [1.165, 1.54) is 0 Å². The predicted octanol–water partition coefficient (Wildman–Crippen LogP) is 2.80. The number of fused-ring (bicyclic) bond motifs is 1. The van der Waals surface area contributed by atoms with E-state index in [1.54, 1.807) is 26.4 Å². The van der Waals surface area contributed by atoms with Crippen LogP contribution in [0.5, 0.6) is 11.5 Å². The number of nitrogens with one attached hydrogen (secondary N) is 1. The lowest BCUT2D eigenvalue weighted by molar-refractivity contribution is 0.356. The van der Waals surface area contributed by atoms with E-state index in [-0.39, 0.29) is 5.88 Å². The van der Waals surface area contributed by atoms with Crippen LogP contribution in [0.3, 0.4) is 0 Å². The molecule has 2 rings (SSSR count). The van der Waals surface area contributed by atoms with Gasteiger partial charge in [-0.3, -0.25) is 0 Å². The molecule has 17 heavy (non-hydrogen) atoms. The Morgan fingerprint density at radius 3 is 2.47 bits per heavy atom. The molecular formula is C12H11ClN2O2. The number of aromatic amines is 1. The zero-order valence-electron chi connectivity index (χ0n) is 9.50. The van der Waals surface area contributed by atoms with Crippen molar-refractivity contribution < 1.29 is 9.47 Å². The number of ether oxygens (including phenoxy) is 2. The van der Waals surface area contributed by atoms with E-state index in [1.807, 2.05) is 0 Å². The van der Waals surface area contributed by atoms with Gasteiger partial charge in [-0.15, -0.1) is 11.6 Å². The highest BCUT2D eigenvalue weighted by Crippen LogP contribution is 2.34. The molecule has 0 saturated heterocycles. The van der Waals surface area contributed by atoms with Gasteiger partial charge < -0.3 is 14.5 Å². The Bertz CT molecular complexity index is 599. The average molecular weight is 251 g/mol. The van der Waals surface area contributed by atoms with Crippen LogP contribution in [0.25, 0.3) is 10.9 Å². The first kappa shape index (κ1) is 11.6. The van der Waals surface area contributed by atoms with E-state index in [9.17, 15) is 0 Å². The summed E-state index contributed by atoms with van der Waals surface area (Å²) in [5.41, 5.74) is 2.07. The Morgan fingerprint density at radius 1 is 1.29 bits per heavy atom. The van der Waals surface area contributed by atoms with E-state index < -0.39 is 0 Å². The number of nitriles is 1. The van der Waals surface area contributed by atoms with Gasteiger partial charge in [-0.2, -0.15) is 5.26 Å². The maximum absolute atomic E-state index is 9.13. The molecule has 0 unspecified atom stereocenters. The normalized spacial score (nSPS) is 10.2. The fourth-order valence-electron chi connectivity index (χ4n) is 1.80. The van der Waals surface area contributed by atoms with Gasteiger partial charge in [0.25, 0.3) is 0 Å². The highest BCUT2D eigenvalue weighted by molar-refractivity contribution is 6.17. The zero-order chi connectivity index (χ0) is 12.4. The van der Waals surface area contributed by atoms with Gasteiger partial charge >= 0.3 is 0 Å². The summed E-state index contributed by atoms with van der Waals surface area (Å²) < 4.78 is 10.4. The molecule has 1 N–H and O–H groups in total. The van der Waals surface area contributed by atoms with Gasteiger partial charge in [0.1, 0.15) is 6.07 Å². The molecule has 0 radical (unpaired) electrons. The molecule has 0 aliphatic carbocycles. The molecule has 1 heterocycles. The van der Waals surface area contributed by atoms with Crippen molar-refractivity contribution in [2.45, 2.75) is 5.88 Å². The lowest BCUT2D eigenvalue weighted by Gasteiger charge is -2.06. The molecular weight excluding hydrogens is 240 g/mol. The number of alkyl halides is 1. The Hall–Kier alpha value is -1.86. The molecule has 5 heteroatoms. The molecule has 4 nitrogen and oxygen atoms in total. The number of benzene rings is 1. The summed E-state index contributed by atoms with van der Waals surface area (Å²) in [5.74, 6) is 1.48. The number of H-pyrrole nitrogens is 1. The first-order chi connectivity index (χ1) is 8.24. The molecule has 0 bridgehead atoms. The topological polar surface area (TPSA) is 58.0 Å². The van der Waals surface area contributed by atoms with Gasteiger partial charge in [0, 0.05) is 17.1 Å². The van der Waals surface area contributed by atoms with Gasteiger partial charge in [0.2, 0.25) is 0 Å². The van der Waals surface area contributed by atoms with Gasteiger partial charge in [-0.25, -0.2) is 0 Å². The number of hydrogen-bond acceptors (Lipinski definition) is 3. The van der Waals surface area contributed by atoms with E-state index >= 15 is 0 Å². The van der Waals surface area contributed by atoms with Crippen LogP contribution in [0.4, 0.5) is 0 Å². The zero-order valence-corrected chi connectivity index (χ0v) is 10.3. The van der Waals surface area contributed by atoms with Gasteiger partial charge in [-0.1, -0.05) is 0 Å². The van der Waals surface area contributed by atoms with Crippen LogP contribution in [0.1, 0.15) is 11.3 Å². The molecule has 0 aliphatic rings. The van der Waals surface area contributed by atoms with Crippen molar-refractivity contribution in [1.29, 1.82) is 5.26 Å². The van der Waals surface area contributed by atoms with Crippen LogP contribution >= 0.6 is 11.6 Å². The summed E-state index contributed by atoms with van der Waals surface area (Å²) in [5, 5.41) is 9.92. The third kappa shape index (κ3) is 1.79. The second-order valence-electron chi connectivity index (χ2n) is 3.48. The van der Waals surface area contributed by atoms with E-state index in [0.29, 0.717) is 22.8 Å². The van der Waals surface area contributed by atoms with Crippen LogP contribution in [0.2, 0.25) is 0 Å². The molecule has 0 amide bonds. The van der Waals surface area contributed by atoms with Gasteiger partial charge in [0.05, 0.1) is 31.2 Å². The lowest BCUT2D eigenvalue weighted by atomic mass is 10.1. The first-order valence-corrected chi connectivity index (χ1v) is 5.51. The van der Waals surface area contributed by atoms with Crippen LogP contribution in [-0.2, 0) is 5.88 Å². The van der Waals surface area contributed by atoms with Crippen molar-refractivity contribution in [2.75, 3.05) is 14.2 Å². The second-order valence-corrected chi connectivity index (χ2v) is 3.74. The second kappa shape index (κ2) is 4.56. The summed E-state index contributed by atoms with van der Waals surface area (Å²) in [4.78, 5) is 3.10. The molecule has 0 atom stereocenters. The fourth-order valence-corrected chi connectivity index (χ4v) is 2.01. The summed E-state index contributed by atoms with van der Waals surface area (Å²) in [7, 11) is 3.13. The molecule has 0 spiro atoms. The Morgan fingerprint density at radius 2 is 1.94 bits per heavy atom. The number of aromatic nitrogens is 1. The number of nitrogens with zero attached hydrogens (tertiary/aromatic N) is 1. The third-order valence-corrected chi connectivity index (χ3v) is 2.89. The molecule has 0 saturated carbocycles. The highest BCUT2D eigenvalue weighted by Gasteiger charge is 2.14. The van der Waals surface area contributed by atoms with Crippen LogP contribution in [0, 0.1) is 11.3 Å². The summed E-state index contributed by atoms with van der Waals surface area (Å²) >= 11 is 5.78. The van der Waals surface area contributed by atoms with Crippen LogP contribution in [0.15, 0.2) is 12.1 Å². The average Bonchev–Trinajstić information content (AvgIpc) is 2.73. The minimum Gasteiger partial charge on any atom is -0.493 e. The van der Waals surface area contributed by atoms with Gasteiger partial charge in [0.15, 0.2) is 11.5 Å². The fraction of sp³-hybridized carbons (Fsp3) is 0.250. The van der Waals surface area contributed by atoms with Crippen molar-refractivity contribution in [3.05, 3.63) is 23.4 Å². The molecule has 0 fully saturated rings. The third-order valence-electron chi connectivity index (χ3n) is 2.63. The maximum atomic E-state index is 9.13. The van der Waals surface area contributed by atoms with E-state index in [4.69, 9.17) is 26.3 Å². The lowest BCUT2D eigenvalue weighted by Crippen LogP contribution is -1.90. The Balaban J connectivity index is 2.77. The number of methoxy groups -OCH3 is 2. The Labute approximate surface area is 104 Å². The van der Waals surface area contributed by atoms with Crippen molar-refractivity contribution in [1.82, 2.24) is 4.98 Å². The largest absolute Gasteiger partial charge is 0.493 e. The predicted molar refractivity (Wildman–Crippen MR) is 65.7 cm³/mol. The minimum absolute atomic E-state index is 0.266. The molecule has 88 valence electrons. The van der Waals surface area contributed by atoms with Gasteiger partial charge in [-0.05, 0) is 6.07 Å². The summed E-state index contributed by atoms with van der Waals surface area (Å²) in [6.07, 6.45) is 0. The van der Waals surface area contributed by atoms with Crippen LogP contribution in [-0.4, -0.2) is 19.2 Å². The van der Waals surface area contributed by atoms with Crippen molar-refractivity contribution in [3.8, 4) is 17.6 Å². The van der Waals surface area contributed by atoms with Crippen LogP contribution < -0.4 is 9.47 Å². The highest BCUT2D eigenvalue weighted by atomic mass is 35.5. The van der Waals surface area contributed by atoms with Crippen molar-refractivity contribution in [2.24, 2.45) is 0 Å². The number of rotatable bonds is 3. The molecule has 0 aliphatic heterocycles. The number of halogens is 1. The smallest absolute Gasteiger partial charge is 0.162 e. The summed E-state index contributed by atoms with van der Waals surface area (Å²) in [6.45, 7) is 0.